The number of phenols is 1. The fraction of sp³-hybridized carbons (Fsp3) is 0.440. The molecule has 2 atom stereocenters. The van der Waals surface area contributed by atoms with Gasteiger partial charge in [-0.1, -0.05) is 12.1 Å². The number of carbonyl (C=O) groups is 2. The molecule has 7 heteroatoms. The molecule has 0 aliphatic carbocycles. The van der Waals surface area contributed by atoms with E-state index >= 15 is 0 Å². The lowest BCUT2D eigenvalue weighted by atomic mass is 9.87. The molecule has 2 N–H and O–H groups in total. The molecule has 0 spiro atoms. The fourth-order valence-electron chi connectivity index (χ4n) is 4.34. The summed E-state index contributed by atoms with van der Waals surface area (Å²) in [5.41, 5.74) is 4.29. The molecule has 2 aromatic carbocycles. The average Bonchev–Trinajstić information content (AvgIpc) is 3.01. The number of hydrogen-bond acceptors (Lipinski definition) is 6. The molecule has 2 aliphatic rings. The van der Waals surface area contributed by atoms with Crippen LogP contribution in [0, 0.1) is 20.8 Å². The first kappa shape index (κ1) is 22.5. The summed E-state index contributed by atoms with van der Waals surface area (Å²) in [6, 6.07) is 7.62. The zero-order chi connectivity index (χ0) is 23.3. The summed E-state index contributed by atoms with van der Waals surface area (Å²) in [5, 5.41) is 12.4. The van der Waals surface area contributed by atoms with Crippen molar-refractivity contribution in [1.82, 2.24) is 5.32 Å². The van der Waals surface area contributed by atoms with Gasteiger partial charge in [-0.2, -0.15) is 0 Å². The van der Waals surface area contributed by atoms with Crippen LogP contribution < -0.4 is 14.8 Å². The van der Waals surface area contributed by atoms with E-state index in [1.807, 2.05) is 45.0 Å². The molecule has 4 rings (SSSR count). The Morgan fingerprint density at radius 3 is 2.41 bits per heavy atom. The minimum atomic E-state index is -0.779. The molecule has 1 unspecified atom stereocenters. The molecule has 2 amide bonds. The Morgan fingerprint density at radius 2 is 1.78 bits per heavy atom. The maximum absolute atomic E-state index is 12.1. The topological polar surface area (TPSA) is 84.9 Å². The molecule has 2 aromatic rings. The van der Waals surface area contributed by atoms with Gasteiger partial charge in [0.25, 0.3) is 5.24 Å². The van der Waals surface area contributed by atoms with Gasteiger partial charge in [-0.3, -0.25) is 14.9 Å². The van der Waals surface area contributed by atoms with Gasteiger partial charge in [-0.15, -0.1) is 0 Å². The number of nitrogens with one attached hydrogen (secondary N) is 1. The predicted octanol–water partition coefficient (Wildman–Crippen LogP) is 4.76. The lowest BCUT2D eigenvalue weighted by Crippen LogP contribution is -2.42. The number of imide groups is 1. The quantitative estimate of drug-likeness (QED) is 0.676. The molecule has 0 aromatic heterocycles. The Hall–Kier alpha value is -2.67. The van der Waals surface area contributed by atoms with Crippen LogP contribution in [-0.2, 0) is 17.6 Å². The number of aromatic hydroxyl groups is 1. The van der Waals surface area contributed by atoms with Gasteiger partial charge in [0.2, 0.25) is 5.91 Å². The lowest BCUT2D eigenvalue weighted by Gasteiger charge is -2.37. The number of rotatable bonds is 5. The first-order valence-electron chi connectivity index (χ1n) is 10.8. The molecule has 0 saturated carbocycles. The number of carbonyl (C=O) groups excluding carboxylic acids is 2. The number of benzene rings is 2. The van der Waals surface area contributed by atoms with Gasteiger partial charge >= 0.3 is 0 Å². The van der Waals surface area contributed by atoms with Crippen LogP contribution in [-0.4, -0.2) is 33.2 Å². The summed E-state index contributed by atoms with van der Waals surface area (Å²) in [4.78, 5) is 23.6. The summed E-state index contributed by atoms with van der Waals surface area (Å²) in [7, 11) is 0. The number of hydrogen-bond donors (Lipinski definition) is 2. The van der Waals surface area contributed by atoms with Gasteiger partial charge in [-0.25, -0.2) is 0 Å². The van der Waals surface area contributed by atoms with Gasteiger partial charge in [0.1, 0.15) is 34.2 Å². The minimum Gasteiger partial charge on any atom is -0.507 e. The van der Waals surface area contributed by atoms with E-state index in [-0.39, 0.29) is 11.1 Å². The zero-order valence-corrected chi connectivity index (χ0v) is 19.9. The summed E-state index contributed by atoms with van der Waals surface area (Å²) in [6.45, 7) is 10.1. The molecule has 170 valence electrons. The lowest BCUT2D eigenvalue weighted by molar-refractivity contribution is -0.121. The van der Waals surface area contributed by atoms with Crippen LogP contribution in [0.3, 0.4) is 0 Å². The van der Waals surface area contributed by atoms with E-state index in [4.69, 9.17) is 9.47 Å². The molecule has 1 saturated heterocycles. The van der Waals surface area contributed by atoms with Crippen LogP contribution in [0.5, 0.6) is 17.2 Å². The van der Waals surface area contributed by atoms with Gasteiger partial charge in [-0.05, 0) is 100 Å². The minimum absolute atomic E-state index is 0.246. The van der Waals surface area contributed by atoms with Crippen molar-refractivity contribution in [2.45, 2.75) is 64.2 Å². The summed E-state index contributed by atoms with van der Waals surface area (Å²) < 4.78 is 11.7. The maximum atomic E-state index is 12.1. The molecule has 2 aliphatic heterocycles. The zero-order valence-electron chi connectivity index (χ0n) is 19.1. The second-order valence-electron chi connectivity index (χ2n) is 9.27. The number of ether oxygens (including phenoxy) is 2. The molecule has 0 radical (unpaired) electrons. The smallest absolute Gasteiger partial charge is 0.286 e. The van der Waals surface area contributed by atoms with Crippen molar-refractivity contribution in [3.63, 3.8) is 0 Å². The molecule has 0 bridgehead atoms. The Kier molecular flexibility index (Phi) is 5.65. The average molecular weight is 456 g/mol. The van der Waals surface area contributed by atoms with E-state index in [2.05, 4.69) is 12.2 Å². The number of fused-ring (bicyclic) bond motifs is 1. The van der Waals surface area contributed by atoms with E-state index < -0.39 is 10.3 Å². The molecule has 32 heavy (non-hydrogen) atoms. The SMILES string of the molecule is Cc1c(C)c2c(c(C)c1O)CCC(C)(COc1ccc(C[C@@]3(C)SC(=O)NC3=O)cc1)O2. The van der Waals surface area contributed by atoms with Crippen LogP contribution in [0.2, 0.25) is 0 Å². The van der Waals surface area contributed by atoms with Crippen molar-refractivity contribution in [3.8, 4) is 17.2 Å². The van der Waals surface area contributed by atoms with Crippen LogP contribution >= 0.6 is 11.8 Å². The molecular formula is C25H29NO5S. The van der Waals surface area contributed by atoms with E-state index in [9.17, 15) is 14.7 Å². The largest absolute Gasteiger partial charge is 0.507 e. The highest BCUT2D eigenvalue weighted by Crippen LogP contribution is 2.43. The fourth-order valence-corrected chi connectivity index (χ4v) is 5.28. The van der Waals surface area contributed by atoms with Crippen molar-refractivity contribution in [1.29, 1.82) is 0 Å². The number of amides is 2. The summed E-state index contributed by atoms with van der Waals surface area (Å²) in [6.07, 6.45) is 2.09. The monoisotopic (exact) mass is 455 g/mol. The Morgan fingerprint density at radius 1 is 1.09 bits per heavy atom. The van der Waals surface area contributed by atoms with Crippen LogP contribution in [0.1, 0.15) is 48.1 Å². The van der Waals surface area contributed by atoms with Crippen LogP contribution in [0.4, 0.5) is 4.79 Å². The van der Waals surface area contributed by atoms with Gasteiger partial charge < -0.3 is 14.6 Å². The van der Waals surface area contributed by atoms with Crippen molar-refractivity contribution in [2.75, 3.05) is 6.61 Å². The normalized spacial score (nSPS) is 24.7. The highest BCUT2D eigenvalue weighted by molar-refractivity contribution is 8.16. The van der Waals surface area contributed by atoms with Crippen LogP contribution in [0.25, 0.3) is 0 Å². The third kappa shape index (κ3) is 4.06. The highest BCUT2D eigenvalue weighted by atomic mass is 32.2. The van der Waals surface area contributed by atoms with Crippen molar-refractivity contribution >= 4 is 22.9 Å². The van der Waals surface area contributed by atoms with E-state index in [1.165, 1.54) is 0 Å². The number of thioether (sulfide) groups is 1. The Labute approximate surface area is 192 Å². The van der Waals surface area contributed by atoms with Crippen LogP contribution in [0.15, 0.2) is 24.3 Å². The predicted molar refractivity (Wildman–Crippen MR) is 125 cm³/mol. The van der Waals surface area contributed by atoms with Gasteiger partial charge in [0.15, 0.2) is 0 Å². The van der Waals surface area contributed by atoms with Crippen molar-refractivity contribution in [2.24, 2.45) is 0 Å². The highest BCUT2D eigenvalue weighted by Gasteiger charge is 2.43. The Bertz CT molecular complexity index is 1100. The summed E-state index contributed by atoms with van der Waals surface area (Å²) in [5.74, 6) is 1.70. The third-order valence-corrected chi connectivity index (χ3v) is 7.68. The maximum Gasteiger partial charge on any atom is 0.286 e. The van der Waals surface area contributed by atoms with E-state index in [1.54, 1.807) is 6.92 Å². The first-order chi connectivity index (χ1) is 15.0. The third-order valence-electron chi connectivity index (χ3n) is 6.62. The van der Waals surface area contributed by atoms with Gasteiger partial charge in [0.05, 0.1) is 0 Å². The molecule has 6 nitrogen and oxygen atoms in total. The van der Waals surface area contributed by atoms with Gasteiger partial charge in [0, 0.05) is 5.56 Å². The molecule has 2 heterocycles. The van der Waals surface area contributed by atoms with Crippen molar-refractivity contribution in [3.05, 3.63) is 52.1 Å². The Balaban J connectivity index is 1.42. The first-order valence-corrected chi connectivity index (χ1v) is 11.6. The molecule has 1 fully saturated rings. The van der Waals surface area contributed by atoms with E-state index in [0.29, 0.717) is 18.8 Å². The second kappa shape index (κ2) is 8.03. The summed E-state index contributed by atoms with van der Waals surface area (Å²) >= 11 is 1.04. The number of phenolic OH excluding ortho intramolecular Hbond substituents is 1. The standard InChI is InChI=1S/C25H29NO5S/c1-14-15(2)21-19(16(3)20(14)27)10-11-24(4,31-21)13-30-18-8-6-17(7-9-18)12-25(5)22(28)26-23(29)32-25/h6-9,27H,10-13H2,1-5H3,(H,26,28,29)/t24?,25-/m1/s1. The van der Waals surface area contributed by atoms with Crippen molar-refractivity contribution < 1.29 is 24.2 Å². The second-order valence-corrected chi connectivity index (χ2v) is 10.7. The molecular weight excluding hydrogens is 426 g/mol. The van der Waals surface area contributed by atoms with E-state index in [0.717, 1.165) is 63.9 Å².